The van der Waals surface area contributed by atoms with Gasteiger partial charge in [-0.15, -0.1) is 0 Å². The highest BCUT2D eigenvalue weighted by Crippen LogP contribution is 2.26. The van der Waals surface area contributed by atoms with E-state index in [1.165, 1.54) is 23.8 Å². The average molecular weight is 340 g/mol. The number of piperidine rings is 1. The average Bonchev–Trinajstić information content (AvgIpc) is 2.62. The summed E-state index contributed by atoms with van der Waals surface area (Å²) < 4.78 is 0. The smallest absolute Gasteiger partial charge is 0.257 e. The molecule has 1 amide bonds. The molecule has 0 atom stereocenters. The van der Waals surface area contributed by atoms with Crippen LogP contribution in [0.1, 0.15) is 28.8 Å². The molecule has 0 saturated carbocycles. The fraction of sp³-hybridized carbons (Fsp3) is 0.350. The van der Waals surface area contributed by atoms with Gasteiger partial charge in [-0.3, -0.25) is 9.69 Å². The number of benzene rings is 2. The number of phenols is 2. The first kappa shape index (κ1) is 17.3. The van der Waals surface area contributed by atoms with Crippen molar-refractivity contribution in [3.8, 4) is 11.5 Å². The summed E-state index contributed by atoms with van der Waals surface area (Å²) in [5, 5.41) is 19.3. The molecule has 132 valence electrons. The van der Waals surface area contributed by atoms with E-state index in [1.807, 2.05) is 6.07 Å². The van der Waals surface area contributed by atoms with E-state index in [2.05, 4.69) is 29.2 Å². The summed E-state index contributed by atoms with van der Waals surface area (Å²) in [6.45, 7) is 2.82. The Kier molecular flexibility index (Phi) is 5.24. The maximum Gasteiger partial charge on any atom is 0.257 e. The highest BCUT2D eigenvalue weighted by Gasteiger charge is 2.27. The highest BCUT2D eigenvalue weighted by atomic mass is 16.3. The lowest BCUT2D eigenvalue weighted by atomic mass is 10.0. The predicted octanol–water partition coefficient (Wildman–Crippen LogP) is 2.83. The number of hydrogen-bond donors (Lipinski definition) is 2. The highest BCUT2D eigenvalue weighted by molar-refractivity contribution is 5.97. The molecule has 2 aromatic carbocycles. The molecule has 1 heterocycles. The topological polar surface area (TPSA) is 64.0 Å². The van der Waals surface area contributed by atoms with Crippen molar-refractivity contribution in [1.82, 2.24) is 9.80 Å². The number of nitrogens with zero attached hydrogens (tertiary/aromatic N) is 2. The minimum atomic E-state index is -0.209. The standard InChI is InChI=1S/C20H24N2O3/c1-21(20(25)18-8-7-17(23)13-19(18)24)16-9-11-22(12-10-16)14-15-5-3-2-4-6-15/h2-8,13,16,23-24H,9-12,14H2,1H3. The summed E-state index contributed by atoms with van der Waals surface area (Å²) in [5.41, 5.74) is 1.53. The number of hydrogen-bond acceptors (Lipinski definition) is 4. The molecule has 0 bridgehead atoms. The minimum Gasteiger partial charge on any atom is -0.508 e. The largest absolute Gasteiger partial charge is 0.508 e. The molecule has 0 radical (unpaired) electrons. The number of carbonyl (C=O) groups is 1. The predicted molar refractivity (Wildman–Crippen MR) is 96.6 cm³/mol. The van der Waals surface area contributed by atoms with Crippen LogP contribution in [0.4, 0.5) is 0 Å². The quantitative estimate of drug-likeness (QED) is 0.898. The van der Waals surface area contributed by atoms with Crippen LogP contribution in [0, 0.1) is 0 Å². The van der Waals surface area contributed by atoms with Crippen LogP contribution >= 0.6 is 0 Å². The Labute approximate surface area is 148 Å². The summed E-state index contributed by atoms with van der Waals surface area (Å²) in [6, 6.07) is 14.6. The second kappa shape index (κ2) is 7.57. The summed E-state index contributed by atoms with van der Waals surface area (Å²) in [4.78, 5) is 16.7. The van der Waals surface area contributed by atoms with Crippen LogP contribution < -0.4 is 0 Å². The summed E-state index contributed by atoms with van der Waals surface area (Å²) in [5.74, 6) is -0.441. The van der Waals surface area contributed by atoms with Crippen LogP contribution in [0.25, 0.3) is 0 Å². The van der Waals surface area contributed by atoms with Crippen molar-refractivity contribution in [2.45, 2.75) is 25.4 Å². The molecular formula is C20H24N2O3. The van der Waals surface area contributed by atoms with Crippen molar-refractivity contribution in [2.75, 3.05) is 20.1 Å². The van der Waals surface area contributed by atoms with E-state index < -0.39 is 0 Å². The van der Waals surface area contributed by atoms with Crippen molar-refractivity contribution in [3.63, 3.8) is 0 Å². The van der Waals surface area contributed by atoms with Crippen molar-refractivity contribution in [1.29, 1.82) is 0 Å². The molecule has 0 spiro atoms. The molecular weight excluding hydrogens is 316 g/mol. The van der Waals surface area contributed by atoms with Gasteiger partial charge in [0.2, 0.25) is 0 Å². The van der Waals surface area contributed by atoms with Crippen molar-refractivity contribution < 1.29 is 15.0 Å². The van der Waals surface area contributed by atoms with Crippen LogP contribution in [-0.4, -0.2) is 52.1 Å². The third-order valence-corrected chi connectivity index (χ3v) is 4.89. The Balaban J connectivity index is 1.57. The lowest BCUT2D eigenvalue weighted by Gasteiger charge is -2.36. The first-order valence-corrected chi connectivity index (χ1v) is 8.60. The fourth-order valence-corrected chi connectivity index (χ4v) is 3.36. The van der Waals surface area contributed by atoms with Crippen LogP contribution in [0.2, 0.25) is 0 Å². The van der Waals surface area contributed by atoms with E-state index in [0.717, 1.165) is 32.5 Å². The zero-order chi connectivity index (χ0) is 17.8. The van der Waals surface area contributed by atoms with Crippen LogP contribution in [0.5, 0.6) is 11.5 Å². The van der Waals surface area contributed by atoms with Gasteiger partial charge in [0, 0.05) is 38.8 Å². The second-order valence-electron chi connectivity index (χ2n) is 6.61. The van der Waals surface area contributed by atoms with Gasteiger partial charge in [0.05, 0.1) is 5.56 Å². The summed E-state index contributed by atoms with van der Waals surface area (Å²) >= 11 is 0. The lowest BCUT2D eigenvalue weighted by molar-refractivity contribution is 0.0633. The number of likely N-dealkylation sites (tertiary alicyclic amines) is 1. The molecule has 1 saturated heterocycles. The zero-order valence-electron chi connectivity index (χ0n) is 14.4. The van der Waals surface area contributed by atoms with Gasteiger partial charge in [0.25, 0.3) is 5.91 Å². The molecule has 1 fully saturated rings. The Morgan fingerprint density at radius 1 is 1.12 bits per heavy atom. The number of amides is 1. The molecule has 5 heteroatoms. The number of phenolic OH excluding ortho intramolecular Hbond substituents is 2. The first-order valence-electron chi connectivity index (χ1n) is 8.60. The normalized spacial score (nSPS) is 15.9. The van der Waals surface area contributed by atoms with Crippen LogP contribution in [0.15, 0.2) is 48.5 Å². The van der Waals surface area contributed by atoms with Gasteiger partial charge < -0.3 is 15.1 Å². The third-order valence-electron chi connectivity index (χ3n) is 4.89. The molecule has 2 N–H and O–H groups in total. The molecule has 1 aliphatic heterocycles. The summed E-state index contributed by atoms with van der Waals surface area (Å²) in [7, 11) is 1.78. The van der Waals surface area contributed by atoms with E-state index in [1.54, 1.807) is 11.9 Å². The Morgan fingerprint density at radius 3 is 2.44 bits per heavy atom. The SMILES string of the molecule is CN(C(=O)c1ccc(O)cc1O)C1CCN(Cc2ccccc2)CC1. The maximum absolute atomic E-state index is 12.6. The Bertz CT molecular complexity index is 725. The maximum atomic E-state index is 12.6. The summed E-state index contributed by atoms with van der Waals surface area (Å²) in [6.07, 6.45) is 1.82. The van der Waals surface area contributed by atoms with E-state index in [9.17, 15) is 15.0 Å². The van der Waals surface area contributed by atoms with Gasteiger partial charge in [-0.25, -0.2) is 0 Å². The van der Waals surface area contributed by atoms with Crippen LogP contribution in [0.3, 0.4) is 0 Å². The molecule has 0 aliphatic carbocycles. The van der Waals surface area contributed by atoms with Crippen molar-refractivity contribution in [3.05, 3.63) is 59.7 Å². The number of carbonyl (C=O) groups excluding carboxylic acids is 1. The van der Waals surface area contributed by atoms with Gasteiger partial charge in [-0.1, -0.05) is 30.3 Å². The van der Waals surface area contributed by atoms with E-state index in [4.69, 9.17) is 0 Å². The monoisotopic (exact) mass is 340 g/mol. The van der Waals surface area contributed by atoms with E-state index in [-0.39, 0.29) is 29.0 Å². The Hall–Kier alpha value is -2.53. The van der Waals surface area contributed by atoms with E-state index >= 15 is 0 Å². The van der Waals surface area contributed by atoms with Gasteiger partial charge in [0.15, 0.2) is 0 Å². The Morgan fingerprint density at radius 2 is 1.80 bits per heavy atom. The number of aromatic hydroxyl groups is 2. The molecule has 2 aromatic rings. The van der Waals surface area contributed by atoms with Gasteiger partial charge >= 0.3 is 0 Å². The van der Waals surface area contributed by atoms with E-state index in [0.29, 0.717) is 0 Å². The third kappa shape index (κ3) is 4.12. The van der Waals surface area contributed by atoms with Crippen molar-refractivity contribution in [2.24, 2.45) is 0 Å². The van der Waals surface area contributed by atoms with Crippen LogP contribution in [-0.2, 0) is 6.54 Å². The van der Waals surface area contributed by atoms with Gasteiger partial charge in [0.1, 0.15) is 11.5 Å². The lowest BCUT2D eigenvalue weighted by Crippen LogP contribution is -2.45. The number of rotatable bonds is 4. The molecule has 5 nitrogen and oxygen atoms in total. The first-order chi connectivity index (χ1) is 12.0. The van der Waals surface area contributed by atoms with Crippen molar-refractivity contribution >= 4 is 5.91 Å². The molecule has 0 unspecified atom stereocenters. The second-order valence-corrected chi connectivity index (χ2v) is 6.61. The molecule has 25 heavy (non-hydrogen) atoms. The molecule has 3 rings (SSSR count). The molecule has 1 aliphatic rings. The van der Waals surface area contributed by atoms with Gasteiger partial charge in [-0.2, -0.15) is 0 Å². The van der Waals surface area contributed by atoms with Gasteiger partial charge in [-0.05, 0) is 30.5 Å². The minimum absolute atomic E-state index is 0.0501. The molecule has 0 aromatic heterocycles. The zero-order valence-corrected chi connectivity index (χ0v) is 14.4. The fourth-order valence-electron chi connectivity index (χ4n) is 3.36.